The highest BCUT2D eigenvalue weighted by Crippen LogP contribution is 2.12. The van der Waals surface area contributed by atoms with Gasteiger partial charge >= 0.3 is 0 Å². The van der Waals surface area contributed by atoms with Gasteiger partial charge in [0, 0.05) is 39.9 Å². The van der Waals surface area contributed by atoms with E-state index in [-0.39, 0.29) is 0 Å². The van der Waals surface area contributed by atoms with E-state index in [9.17, 15) is 0 Å². The molecule has 0 saturated heterocycles. The zero-order valence-corrected chi connectivity index (χ0v) is 14.5. The Hall–Kier alpha value is -1.36. The highest BCUT2D eigenvalue weighted by Gasteiger charge is 2.00. The standard InChI is InChI=1S/C16H28N4S/c1-17-16(18-10-5-6-11-21-4)19-13-14-8-7-9-15(12-14)20(2)3/h7-9,12H,5-6,10-11,13H2,1-4H3,(H2,17,18,19). The van der Waals surface area contributed by atoms with Gasteiger partial charge in [-0.25, -0.2) is 0 Å². The lowest BCUT2D eigenvalue weighted by molar-refractivity contribution is 0.733. The maximum absolute atomic E-state index is 4.26. The van der Waals surface area contributed by atoms with Crippen LogP contribution in [0.1, 0.15) is 18.4 Å². The quantitative estimate of drug-likeness (QED) is 0.440. The van der Waals surface area contributed by atoms with Crippen LogP contribution in [0.2, 0.25) is 0 Å². The molecule has 2 N–H and O–H groups in total. The lowest BCUT2D eigenvalue weighted by Gasteiger charge is -2.15. The highest BCUT2D eigenvalue weighted by molar-refractivity contribution is 7.98. The second kappa shape index (κ2) is 10.4. The van der Waals surface area contributed by atoms with Gasteiger partial charge in [0.1, 0.15) is 0 Å². The van der Waals surface area contributed by atoms with Crippen molar-refractivity contribution >= 4 is 23.4 Å². The Balaban J connectivity index is 2.36. The molecule has 0 aromatic heterocycles. The summed E-state index contributed by atoms with van der Waals surface area (Å²) in [6, 6.07) is 8.53. The highest BCUT2D eigenvalue weighted by atomic mass is 32.2. The van der Waals surface area contributed by atoms with Gasteiger partial charge in [-0.05, 0) is 42.5 Å². The zero-order valence-electron chi connectivity index (χ0n) is 13.6. The van der Waals surface area contributed by atoms with Gasteiger partial charge in [0.05, 0.1) is 0 Å². The fourth-order valence-electron chi connectivity index (χ4n) is 1.93. The van der Waals surface area contributed by atoms with Gasteiger partial charge in [0.15, 0.2) is 5.96 Å². The van der Waals surface area contributed by atoms with Gasteiger partial charge in [-0.3, -0.25) is 4.99 Å². The number of benzene rings is 1. The molecule has 0 saturated carbocycles. The number of thioether (sulfide) groups is 1. The van der Waals surface area contributed by atoms with Gasteiger partial charge in [0.2, 0.25) is 0 Å². The minimum atomic E-state index is 0.784. The van der Waals surface area contributed by atoms with Crippen LogP contribution in [0, 0.1) is 0 Å². The van der Waals surface area contributed by atoms with Crippen molar-refractivity contribution in [2.24, 2.45) is 4.99 Å². The number of hydrogen-bond donors (Lipinski definition) is 2. The monoisotopic (exact) mass is 308 g/mol. The van der Waals surface area contributed by atoms with Crippen molar-refractivity contribution in [3.8, 4) is 0 Å². The molecular weight excluding hydrogens is 280 g/mol. The van der Waals surface area contributed by atoms with E-state index >= 15 is 0 Å². The predicted molar refractivity (Wildman–Crippen MR) is 96.6 cm³/mol. The van der Waals surface area contributed by atoms with E-state index < -0.39 is 0 Å². The van der Waals surface area contributed by atoms with Gasteiger partial charge in [-0.2, -0.15) is 11.8 Å². The van der Waals surface area contributed by atoms with Crippen molar-refractivity contribution in [2.45, 2.75) is 19.4 Å². The Morgan fingerprint density at radius 2 is 2.05 bits per heavy atom. The molecule has 0 aliphatic carbocycles. The number of guanidine groups is 1. The summed E-state index contributed by atoms with van der Waals surface area (Å²) < 4.78 is 0. The molecule has 0 fully saturated rings. The average Bonchev–Trinajstić information content (AvgIpc) is 2.50. The molecule has 0 amide bonds. The van der Waals surface area contributed by atoms with Crippen LogP contribution >= 0.6 is 11.8 Å². The van der Waals surface area contributed by atoms with Crippen molar-refractivity contribution in [1.82, 2.24) is 10.6 Å². The van der Waals surface area contributed by atoms with Gasteiger partial charge in [-0.15, -0.1) is 0 Å². The largest absolute Gasteiger partial charge is 0.378 e. The summed E-state index contributed by atoms with van der Waals surface area (Å²) in [6.07, 6.45) is 4.57. The predicted octanol–water partition coefficient (Wildman–Crippen LogP) is 2.56. The smallest absolute Gasteiger partial charge is 0.191 e. The first-order chi connectivity index (χ1) is 10.2. The maximum Gasteiger partial charge on any atom is 0.191 e. The molecular formula is C16H28N4S. The number of anilines is 1. The van der Waals surface area contributed by atoms with Crippen LogP contribution in [0.3, 0.4) is 0 Å². The van der Waals surface area contributed by atoms with Crippen molar-refractivity contribution in [2.75, 3.05) is 44.6 Å². The number of nitrogens with zero attached hydrogens (tertiary/aromatic N) is 2. The van der Waals surface area contributed by atoms with Gasteiger partial charge in [0.25, 0.3) is 0 Å². The minimum Gasteiger partial charge on any atom is -0.378 e. The van der Waals surface area contributed by atoms with E-state index in [0.717, 1.165) is 19.0 Å². The summed E-state index contributed by atoms with van der Waals surface area (Å²) in [4.78, 5) is 6.37. The first kappa shape index (κ1) is 17.7. The van der Waals surface area contributed by atoms with Crippen LogP contribution in [0.4, 0.5) is 5.69 Å². The fraction of sp³-hybridized carbons (Fsp3) is 0.562. The summed E-state index contributed by atoms with van der Waals surface area (Å²) in [5.41, 5.74) is 2.47. The van der Waals surface area contributed by atoms with Crippen molar-refractivity contribution in [3.63, 3.8) is 0 Å². The van der Waals surface area contributed by atoms with Crippen LogP contribution in [-0.2, 0) is 6.54 Å². The third kappa shape index (κ3) is 7.27. The molecule has 0 aliphatic heterocycles. The first-order valence-corrected chi connectivity index (χ1v) is 8.76. The molecule has 4 nitrogen and oxygen atoms in total. The summed E-state index contributed by atoms with van der Waals surface area (Å²) >= 11 is 1.90. The number of rotatable bonds is 8. The van der Waals surface area contributed by atoms with Crippen LogP contribution < -0.4 is 15.5 Å². The van der Waals surface area contributed by atoms with Crippen molar-refractivity contribution < 1.29 is 0 Å². The normalized spacial score (nSPS) is 11.3. The number of unbranched alkanes of at least 4 members (excludes halogenated alkanes) is 1. The molecule has 21 heavy (non-hydrogen) atoms. The summed E-state index contributed by atoms with van der Waals surface area (Å²) in [7, 11) is 5.93. The van der Waals surface area contributed by atoms with Crippen molar-refractivity contribution in [1.29, 1.82) is 0 Å². The SMILES string of the molecule is CN=C(NCCCCSC)NCc1cccc(N(C)C)c1. The molecule has 0 unspecified atom stereocenters. The summed E-state index contributed by atoms with van der Waals surface area (Å²) in [5.74, 6) is 2.10. The van der Waals surface area contributed by atoms with Crippen molar-refractivity contribution in [3.05, 3.63) is 29.8 Å². The topological polar surface area (TPSA) is 39.7 Å². The second-order valence-electron chi connectivity index (χ2n) is 5.12. The molecule has 1 aromatic carbocycles. The minimum absolute atomic E-state index is 0.784. The Morgan fingerprint density at radius 1 is 1.24 bits per heavy atom. The van der Waals surface area contributed by atoms with Crippen LogP contribution in [0.15, 0.2) is 29.3 Å². The Bertz CT molecular complexity index is 432. The fourth-order valence-corrected chi connectivity index (χ4v) is 2.42. The average molecular weight is 308 g/mol. The third-order valence-corrected chi connectivity index (χ3v) is 3.88. The van der Waals surface area contributed by atoms with Crippen LogP contribution in [0.25, 0.3) is 0 Å². The molecule has 0 bridgehead atoms. The molecule has 0 aliphatic rings. The molecule has 0 atom stereocenters. The van der Waals surface area contributed by atoms with E-state index in [1.807, 2.05) is 18.8 Å². The lowest BCUT2D eigenvalue weighted by atomic mass is 10.2. The molecule has 1 aromatic rings. The van der Waals surface area contributed by atoms with E-state index in [0.29, 0.717) is 0 Å². The zero-order chi connectivity index (χ0) is 15.5. The number of hydrogen-bond acceptors (Lipinski definition) is 3. The maximum atomic E-state index is 4.26. The summed E-state index contributed by atoms with van der Waals surface area (Å²) in [6.45, 7) is 1.75. The Morgan fingerprint density at radius 3 is 2.71 bits per heavy atom. The lowest BCUT2D eigenvalue weighted by Crippen LogP contribution is -2.37. The van der Waals surface area contributed by atoms with Crippen LogP contribution in [0.5, 0.6) is 0 Å². The van der Waals surface area contributed by atoms with E-state index in [1.165, 1.54) is 29.8 Å². The molecule has 0 heterocycles. The van der Waals surface area contributed by atoms with Gasteiger partial charge < -0.3 is 15.5 Å². The molecule has 0 spiro atoms. The Labute approximate surface area is 133 Å². The number of aliphatic imine (C=N–C) groups is 1. The second-order valence-corrected chi connectivity index (χ2v) is 6.10. The van der Waals surface area contributed by atoms with Gasteiger partial charge in [-0.1, -0.05) is 12.1 Å². The molecule has 5 heteroatoms. The van der Waals surface area contributed by atoms with E-state index in [1.54, 1.807) is 0 Å². The summed E-state index contributed by atoms with van der Waals surface area (Å²) in [5, 5.41) is 6.71. The Kier molecular flexibility index (Phi) is 8.74. The first-order valence-electron chi connectivity index (χ1n) is 7.37. The molecule has 118 valence electrons. The van der Waals surface area contributed by atoms with Crippen LogP contribution in [-0.4, -0.2) is 45.7 Å². The third-order valence-electron chi connectivity index (χ3n) is 3.18. The van der Waals surface area contributed by atoms with E-state index in [4.69, 9.17) is 0 Å². The number of nitrogens with one attached hydrogen (secondary N) is 2. The van der Waals surface area contributed by atoms with E-state index in [2.05, 4.69) is 65.1 Å². The molecule has 0 radical (unpaired) electrons. The molecule has 1 rings (SSSR count).